The maximum atomic E-state index is 11.6. The summed E-state index contributed by atoms with van der Waals surface area (Å²) in [5.74, 6) is 0.256. The second-order valence-corrected chi connectivity index (χ2v) is 5.62. The van der Waals surface area contributed by atoms with E-state index in [1.807, 2.05) is 6.07 Å². The van der Waals surface area contributed by atoms with Crippen molar-refractivity contribution >= 4 is 17.5 Å². The third-order valence-corrected chi connectivity index (χ3v) is 4.06. The number of carbonyl (C=O) groups is 2. The van der Waals surface area contributed by atoms with Crippen LogP contribution in [0.2, 0.25) is 0 Å². The molecule has 1 aliphatic carbocycles. The molecule has 1 aliphatic heterocycles. The summed E-state index contributed by atoms with van der Waals surface area (Å²) in [6.45, 7) is 2.16. The Morgan fingerprint density at radius 1 is 1.26 bits per heavy atom. The largest absolute Gasteiger partial charge is 0.383 e. The molecular weight excluding hydrogens is 240 g/mol. The molecule has 4 nitrogen and oxygen atoms in total. The maximum Gasteiger partial charge on any atom is 0.259 e. The van der Waals surface area contributed by atoms with Gasteiger partial charge in [-0.15, -0.1) is 0 Å². The average Bonchev–Trinajstić information content (AvgIpc) is 2.60. The SMILES string of the molecule is CC(CC1CCC1)Nc1ccc2c(c1)C(=O)NC2=O. The van der Waals surface area contributed by atoms with E-state index >= 15 is 0 Å². The first-order valence-corrected chi connectivity index (χ1v) is 6.90. The van der Waals surface area contributed by atoms with Crippen LogP contribution < -0.4 is 10.6 Å². The zero-order valence-corrected chi connectivity index (χ0v) is 11.0. The topological polar surface area (TPSA) is 58.2 Å². The molecule has 3 rings (SSSR count). The summed E-state index contributed by atoms with van der Waals surface area (Å²) in [5.41, 5.74) is 1.86. The van der Waals surface area contributed by atoms with Crippen molar-refractivity contribution in [2.45, 2.75) is 38.6 Å². The predicted octanol–water partition coefficient (Wildman–Crippen LogP) is 2.56. The molecule has 100 valence electrons. The Morgan fingerprint density at radius 3 is 2.68 bits per heavy atom. The Labute approximate surface area is 112 Å². The Balaban J connectivity index is 1.70. The fourth-order valence-electron chi connectivity index (χ4n) is 2.83. The van der Waals surface area contributed by atoms with Gasteiger partial charge in [0.1, 0.15) is 0 Å². The molecule has 1 aromatic carbocycles. The van der Waals surface area contributed by atoms with Crippen LogP contribution in [0.1, 0.15) is 53.3 Å². The van der Waals surface area contributed by atoms with Crippen LogP contribution in [0.4, 0.5) is 5.69 Å². The van der Waals surface area contributed by atoms with E-state index in [-0.39, 0.29) is 11.8 Å². The Bertz CT molecular complexity index is 535. The summed E-state index contributed by atoms with van der Waals surface area (Å²) >= 11 is 0. The molecule has 1 fully saturated rings. The molecule has 0 bridgehead atoms. The highest BCUT2D eigenvalue weighted by Gasteiger charge is 2.27. The van der Waals surface area contributed by atoms with Gasteiger partial charge in [0.25, 0.3) is 11.8 Å². The Hall–Kier alpha value is -1.84. The molecule has 0 aromatic heterocycles. The van der Waals surface area contributed by atoms with Gasteiger partial charge < -0.3 is 5.32 Å². The van der Waals surface area contributed by atoms with E-state index in [1.165, 1.54) is 25.7 Å². The third-order valence-electron chi connectivity index (χ3n) is 4.06. The van der Waals surface area contributed by atoms with Crippen molar-refractivity contribution < 1.29 is 9.59 Å². The molecular formula is C15H18N2O2. The summed E-state index contributed by atoms with van der Waals surface area (Å²) < 4.78 is 0. The highest BCUT2D eigenvalue weighted by Crippen LogP contribution is 2.31. The third kappa shape index (κ3) is 2.35. The van der Waals surface area contributed by atoms with Gasteiger partial charge in [-0.05, 0) is 37.5 Å². The van der Waals surface area contributed by atoms with Crippen molar-refractivity contribution in [1.29, 1.82) is 0 Å². The van der Waals surface area contributed by atoms with Crippen molar-refractivity contribution in [3.8, 4) is 0 Å². The van der Waals surface area contributed by atoms with E-state index in [2.05, 4.69) is 17.6 Å². The number of amides is 2. The second kappa shape index (κ2) is 4.68. The quantitative estimate of drug-likeness (QED) is 0.816. The number of rotatable bonds is 4. The molecule has 2 aliphatic rings. The highest BCUT2D eigenvalue weighted by atomic mass is 16.2. The lowest BCUT2D eigenvalue weighted by Gasteiger charge is -2.29. The molecule has 1 heterocycles. The Morgan fingerprint density at radius 2 is 2.00 bits per heavy atom. The van der Waals surface area contributed by atoms with Gasteiger partial charge in [-0.25, -0.2) is 0 Å². The molecule has 4 heteroatoms. The minimum absolute atomic E-state index is 0.296. The molecule has 1 unspecified atom stereocenters. The van der Waals surface area contributed by atoms with Gasteiger partial charge in [-0.2, -0.15) is 0 Å². The standard InChI is InChI=1S/C15H18N2O2/c1-9(7-10-3-2-4-10)16-11-5-6-12-13(8-11)15(19)17-14(12)18/h5-6,8-10,16H,2-4,7H2,1H3,(H,17,18,19). The maximum absolute atomic E-state index is 11.6. The summed E-state index contributed by atoms with van der Waals surface area (Å²) in [4.78, 5) is 23.0. The van der Waals surface area contributed by atoms with Crippen molar-refractivity contribution in [2.24, 2.45) is 5.92 Å². The molecule has 0 spiro atoms. The van der Waals surface area contributed by atoms with Crippen LogP contribution in [0.25, 0.3) is 0 Å². The summed E-state index contributed by atoms with van der Waals surface area (Å²) in [6, 6.07) is 5.75. The van der Waals surface area contributed by atoms with E-state index in [0.29, 0.717) is 17.2 Å². The first-order chi connectivity index (χ1) is 9.13. The van der Waals surface area contributed by atoms with E-state index < -0.39 is 0 Å². The number of hydrogen-bond donors (Lipinski definition) is 2. The van der Waals surface area contributed by atoms with Gasteiger partial charge in [0.15, 0.2) is 0 Å². The first-order valence-electron chi connectivity index (χ1n) is 6.90. The zero-order chi connectivity index (χ0) is 13.4. The second-order valence-electron chi connectivity index (χ2n) is 5.62. The van der Waals surface area contributed by atoms with Gasteiger partial charge in [0.2, 0.25) is 0 Å². The lowest BCUT2D eigenvalue weighted by atomic mass is 9.81. The minimum Gasteiger partial charge on any atom is -0.383 e. The van der Waals surface area contributed by atoms with E-state index in [0.717, 1.165) is 11.6 Å². The molecule has 1 aromatic rings. The van der Waals surface area contributed by atoms with Crippen LogP contribution in [-0.2, 0) is 0 Å². The van der Waals surface area contributed by atoms with Crippen LogP contribution in [0.15, 0.2) is 18.2 Å². The van der Waals surface area contributed by atoms with Crippen LogP contribution in [0.5, 0.6) is 0 Å². The zero-order valence-electron chi connectivity index (χ0n) is 11.0. The number of fused-ring (bicyclic) bond motifs is 1. The minimum atomic E-state index is -0.297. The van der Waals surface area contributed by atoms with Crippen LogP contribution in [0, 0.1) is 5.92 Å². The molecule has 1 atom stereocenters. The number of nitrogens with one attached hydrogen (secondary N) is 2. The van der Waals surface area contributed by atoms with Gasteiger partial charge in [-0.1, -0.05) is 19.3 Å². The van der Waals surface area contributed by atoms with Crippen LogP contribution in [-0.4, -0.2) is 17.9 Å². The van der Waals surface area contributed by atoms with Crippen molar-refractivity contribution in [3.63, 3.8) is 0 Å². The fraction of sp³-hybridized carbons (Fsp3) is 0.467. The molecule has 0 radical (unpaired) electrons. The van der Waals surface area contributed by atoms with E-state index in [9.17, 15) is 9.59 Å². The van der Waals surface area contributed by atoms with Gasteiger partial charge in [0, 0.05) is 11.7 Å². The summed E-state index contributed by atoms with van der Waals surface area (Å²) in [5, 5.41) is 5.72. The molecule has 1 saturated carbocycles. The predicted molar refractivity (Wildman–Crippen MR) is 73.3 cm³/mol. The van der Waals surface area contributed by atoms with Crippen molar-refractivity contribution in [1.82, 2.24) is 5.32 Å². The van der Waals surface area contributed by atoms with Crippen molar-refractivity contribution in [2.75, 3.05) is 5.32 Å². The molecule has 0 saturated heterocycles. The smallest absolute Gasteiger partial charge is 0.259 e. The number of hydrogen-bond acceptors (Lipinski definition) is 3. The Kier molecular flexibility index (Phi) is 3.01. The molecule has 2 amide bonds. The molecule has 19 heavy (non-hydrogen) atoms. The molecule has 2 N–H and O–H groups in total. The summed E-state index contributed by atoms with van der Waals surface area (Å²) in [7, 11) is 0. The lowest BCUT2D eigenvalue weighted by molar-refractivity contribution is 0.0879. The lowest BCUT2D eigenvalue weighted by Crippen LogP contribution is -2.23. The average molecular weight is 258 g/mol. The highest BCUT2D eigenvalue weighted by molar-refractivity contribution is 6.21. The fourth-order valence-corrected chi connectivity index (χ4v) is 2.83. The number of carbonyl (C=O) groups excluding carboxylic acids is 2. The normalized spacial score (nSPS) is 19.6. The summed E-state index contributed by atoms with van der Waals surface area (Å²) in [6.07, 6.45) is 5.21. The van der Waals surface area contributed by atoms with Gasteiger partial charge in [0.05, 0.1) is 11.1 Å². The van der Waals surface area contributed by atoms with E-state index in [1.54, 1.807) is 12.1 Å². The van der Waals surface area contributed by atoms with Gasteiger partial charge in [-0.3, -0.25) is 14.9 Å². The number of benzene rings is 1. The van der Waals surface area contributed by atoms with E-state index in [4.69, 9.17) is 0 Å². The van der Waals surface area contributed by atoms with Crippen LogP contribution >= 0.6 is 0 Å². The number of anilines is 1. The first kappa shape index (κ1) is 12.2. The van der Waals surface area contributed by atoms with Crippen LogP contribution in [0.3, 0.4) is 0 Å². The number of imide groups is 1. The van der Waals surface area contributed by atoms with Gasteiger partial charge >= 0.3 is 0 Å². The van der Waals surface area contributed by atoms with Crippen molar-refractivity contribution in [3.05, 3.63) is 29.3 Å². The monoisotopic (exact) mass is 258 g/mol.